The second-order valence-electron chi connectivity index (χ2n) is 2.25. The molecule has 3 nitrogen and oxygen atoms in total. The second kappa shape index (κ2) is 4.16. The molecule has 0 saturated heterocycles. The van der Waals surface area contributed by atoms with E-state index in [4.69, 9.17) is 10.7 Å². The molecule has 5 heteroatoms. The smallest absolute Gasteiger partial charge is 0.199 e. The first kappa shape index (κ1) is 10.2. The fourth-order valence-corrected chi connectivity index (χ4v) is 1.79. The summed E-state index contributed by atoms with van der Waals surface area (Å²) in [5, 5.41) is 0. The maximum atomic E-state index is 10.4. The summed E-state index contributed by atoms with van der Waals surface area (Å²) in [4.78, 5) is 0. The first-order chi connectivity index (χ1) is 4.45. The summed E-state index contributed by atoms with van der Waals surface area (Å²) in [6.45, 7) is 3.77. The fourth-order valence-electron chi connectivity index (χ4n) is 0.732. The molecule has 0 aliphatic heterocycles. The third-order valence-corrected chi connectivity index (χ3v) is 2.01. The van der Waals surface area contributed by atoms with Gasteiger partial charge in [-0.3, -0.25) is 0 Å². The van der Waals surface area contributed by atoms with E-state index in [9.17, 15) is 8.42 Å². The molecule has 0 heterocycles. The van der Waals surface area contributed by atoms with Gasteiger partial charge in [-0.05, 0) is 13.3 Å². The normalized spacial score (nSPS) is 15.1. The van der Waals surface area contributed by atoms with Crippen LogP contribution in [-0.2, 0) is 9.24 Å². The number of rotatable bonds is 4. The Kier molecular flexibility index (Phi) is 4.24. The van der Waals surface area contributed by atoms with E-state index in [1.165, 1.54) is 0 Å². The van der Waals surface area contributed by atoms with Crippen LogP contribution in [0.25, 0.3) is 0 Å². The van der Waals surface area contributed by atoms with Gasteiger partial charge in [0.15, 0.2) is 0 Å². The molecule has 0 aliphatic carbocycles. The van der Waals surface area contributed by atoms with Crippen molar-refractivity contribution in [2.75, 3.05) is 0 Å². The molecule has 1 unspecified atom stereocenters. The summed E-state index contributed by atoms with van der Waals surface area (Å²) in [5.74, 6) is 0. The van der Waals surface area contributed by atoms with Gasteiger partial charge >= 0.3 is 0 Å². The lowest BCUT2D eigenvalue weighted by molar-refractivity contribution is 0.556. The van der Waals surface area contributed by atoms with E-state index in [0.717, 1.165) is 12.8 Å². The Balaban J connectivity index is 3.69. The van der Waals surface area contributed by atoms with Crippen molar-refractivity contribution in [3.05, 3.63) is 0 Å². The van der Waals surface area contributed by atoms with Gasteiger partial charge in [-0.15, -0.1) is 0 Å². The third kappa shape index (κ3) is 6.32. The second-order valence-corrected chi connectivity index (χ2v) is 4.58. The molecule has 1 N–H and O–H groups in total. The van der Waals surface area contributed by atoms with Gasteiger partial charge in [0.2, 0.25) is 0 Å². The Labute approximate surface area is 66.3 Å². The van der Waals surface area contributed by atoms with Gasteiger partial charge < -0.3 is 0 Å². The van der Waals surface area contributed by atoms with Crippen LogP contribution in [0.5, 0.6) is 0 Å². The van der Waals surface area contributed by atoms with Gasteiger partial charge in [-0.1, -0.05) is 13.3 Å². The Morgan fingerprint density at radius 3 is 2.40 bits per heavy atom. The lowest BCUT2D eigenvalue weighted by atomic mass is 10.2. The van der Waals surface area contributed by atoms with Crippen molar-refractivity contribution in [2.45, 2.75) is 32.7 Å². The first-order valence-electron chi connectivity index (χ1n) is 3.17. The summed E-state index contributed by atoms with van der Waals surface area (Å²) >= 11 is 0. The molecule has 0 amide bonds. The summed E-state index contributed by atoms with van der Waals surface area (Å²) in [6.07, 6.45) is 1.76. The Morgan fingerprint density at radius 1 is 1.60 bits per heavy atom. The molecule has 0 aromatic heterocycles. The summed E-state index contributed by atoms with van der Waals surface area (Å²) in [6, 6.07) is -0.0625. The van der Waals surface area contributed by atoms with Crippen molar-refractivity contribution in [3.8, 4) is 0 Å². The largest absolute Gasteiger partial charge is 0.297 e. The van der Waals surface area contributed by atoms with Crippen molar-refractivity contribution >= 4 is 19.9 Å². The zero-order chi connectivity index (χ0) is 8.20. The molecular formula is C5H12ClNO2S. The maximum Gasteiger partial charge on any atom is 0.297 e. The quantitative estimate of drug-likeness (QED) is 0.671. The lowest BCUT2D eigenvalue weighted by Crippen LogP contribution is -2.28. The molecule has 62 valence electrons. The average Bonchev–Trinajstić information content (AvgIpc) is 1.59. The molecule has 10 heavy (non-hydrogen) atoms. The summed E-state index contributed by atoms with van der Waals surface area (Å²) < 4.78 is 23.0. The minimum absolute atomic E-state index is 0.0625. The van der Waals surface area contributed by atoms with E-state index in [-0.39, 0.29) is 6.04 Å². The van der Waals surface area contributed by atoms with Crippen molar-refractivity contribution in [1.29, 1.82) is 0 Å². The number of nitrogens with one attached hydrogen (secondary N) is 1. The predicted octanol–water partition coefficient (Wildman–Crippen LogP) is 1.25. The number of hydrogen-bond donors (Lipinski definition) is 1. The van der Waals surface area contributed by atoms with Crippen molar-refractivity contribution in [1.82, 2.24) is 4.72 Å². The highest BCUT2D eigenvalue weighted by Gasteiger charge is 2.08. The molecule has 0 aromatic rings. The zero-order valence-corrected chi connectivity index (χ0v) is 7.67. The average molecular weight is 186 g/mol. The SMILES string of the molecule is CCCC(C)NS(=O)(=O)Cl. The van der Waals surface area contributed by atoms with E-state index in [1.807, 2.05) is 6.92 Å². The van der Waals surface area contributed by atoms with Crippen LogP contribution in [0, 0.1) is 0 Å². The highest BCUT2D eigenvalue weighted by atomic mass is 35.7. The summed E-state index contributed by atoms with van der Waals surface area (Å²) in [7, 11) is 1.40. The zero-order valence-electron chi connectivity index (χ0n) is 6.09. The van der Waals surface area contributed by atoms with Crippen LogP contribution in [0.2, 0.25) is 0 Å². The van der Waals surface area contributed by atoms with Crippen LogP contribution in [0.1, 0.15) is 26.7 Å². The highest BCUT2D eigenvalue weighted by molar-refractivity contribution is 8.12. The molecule has 0 spiro atoms. The molecule has 0 bridgehead atoms. The van der Waals surface area contributed by atoms with E-state index in [0.29, 0.717) is 0 Å². The molecule has 0 rings (SSSR count). The van der Waals surface area contributed by atoms with Gasteiger partial charge in [0.05, 0.1) is 0 Å². The molecule has 0 aromatic carbocycles. The minimum atomic E-state index is -3.52. The Hall–Kier alpha value is 0.200. The van der Waals surface area contributed by atoms with E-state index in [2.05, 4.69) is 4.72 Å². The topological polar surface area (TPSA) is 46.2 Å². The van der Waals surface area contributed by atoms with Crippen LogP contribution in [0.4, 0.5) is 0 Å². The third-order valence-electron chi connectivity index (χ3n) is 1.06. The van der Waals surface area contributed by atoms with Gasteiger partial charge in [-0.2, -0.15) is 13.1 Å². The van der Waals surface area contributed by atoms with E-state index >= 15 is 0 Å². The predicted molar refractivity (Wildman–Crippen MR) is 42.3 cm³/mol. The van der Waals surface area contributed by atoms with Crippen molar-refractivity contribution in [2.24, 2.45) is 0 Å². The first-order valence-corrected chi connectivity index (χ1v) is 5.48. The molecule has 1 atom stereocenters. The van der Waals surface area contributed by atoms with Crippen LogP contribution < -0.4 is 4.72 Å². The number of hydrogen-bond acceptors (Lipinski definition) is 2. The van der Waals surface area contributed by atoms with E-state index < -0.39 is 9.24 Å². The minimum Gasteiger partial charge on any atom is -0.199 e. The molecule has 0 saturated carbocycles. The van der Waals surface area contributed by atoms with E-state index in [1.54, 1.807) is 6.92 Å². The lowest BCUT2D eigenvalue weighted by Gasteiger charge is -2.07. The summed E-state index contributed by atoms with van der Waals surface area (Å²) in [5.41, 5.74) is 0. The van der Waals surface area contributed by atoms with Crippen LogP contribution in [0.3, 0.4) is 0 Å². The van der Waals surface area contributed by atoms with Crippen molar-refractivity contribution in [3.63, 3.8) is 0 Å². The van der Waals surface area contributed by atoms with Gasteiger partial charge in [-0.25, -0.2) is 0 Å². The molecular weight excluding hydrogens is 174 g/mol. The molecule has 0 aliphatic rings. The molecule has 0 radical (unpaired) electrons. The van der Waals surface area contributed by atoms with Crippen LogP contribution >= 0.6 is 10.7 Å². The van der Waals surface area contributed by atoms with Crippen LogP contribution in [0.15, 0.2) is 0 Å². The fraction of sp³-hybridized carbons (Fsp3) is 1.00. The van der Waals surface area contributed by atoms with Gasteiger partial charge in [0.1, 0.15) is 0 Å². The Morgan fingerprint density at radius 2 is 2.10 bits per heavy atom. The molecule has 0 fully saturated rings. The number of halogens is 1. The highest BCUT2D eigenvalue weighted by Crippen LogP contribution is 1.99. The van der Waals surface area contributed by atoms with Gasteiger partial charge in [0.25, 0.3) is 9.24 Å². The van der Waals surface area contributed by atoms with Crippen molar-refractivity contribution < 1.29 is 8.42 Å². The maximum absolute atomic E-state index is 10.4. The standard InChI is InChI=1S/C5H12ClNO2S/c1-3-4-5(2)7-10(6,8)9/h5,7H,3-4H2,1-2H3. The monoisotopic (exact) mass is 185 g/mol. The Bertz CT molecular complexity index is 178. The van der Waals surface area contributed by atoms with Crippen LogP contribution in [-0.4, -0.2) is 14.5 Å². The van der Waals surface area contributed by atoms with Gasteiger partial charge in [0, 0.05) is 16.7 Å².